The maximum Gasteiger partial charge on any atom is 0.267 e. The van der Waals surface area contributed by atoms with Gasteiger partial charge in [0, 0.05) is 18.5 Å². The monoisotopic (exact) mass is 244 g/mol. The molecule has 1 amide bonds. The lowest BCUT2D eigenvalue weighted by Gasteiger charge is -2.30. The molecule has 2 bridgehead atoms. The summed E-state index contributed by atoms with van der Waals surface area (Å²) in [5.41, 5.74) is 5.55. The number of amides is 1. The molecule has 1 aliphatic heterocycles. The van der Waals surface area contributed by atoms with Crippen molar-refractivity contribution < 1.29 is 13.6 Å². The maximum atomic E-state index is 13.1. The second-order valence-electron chi connectivity index (χ2n) is 6.15. The first-order valence-corrected chi connectivity index (χ1v) is 6.31. The van der Waals surface area contributed by atoms with Crippen LogP contribution in [-0.2, 0) is 4.79 Å². The van der Waals surface area contributed by atoms with Crippen LogP contribution in [0.4, 0.5) is 8.78 Å². The predicted molar refractivity (Wildman–Crippen MR) is 58.6 cm³/mol. The van der Waals surface area contributed by atoms with Crippen LogP contribution in [0.1, 0.15) is 38.5 Å². The minimum Gasteiger partial charge on any atom is -0.336 e. The van der Waals surface area contributed by atoms with Gasteiger partial charge >= 0.3 is 0 Å². The molecule has 1 saturated heterocycles. The summed E-state index contributed by atoms with van der Waals surface area (Å²) in [6.07, 6.45) is 3.80. The Morgan fingerprint density at radius 1 is 1.12 bits per heavy atom. The average Bonchev–Trinajstić information content (AvgIpc) is 2.88. The van der Waals surface area contributed by atoms with Gasteiger partial charge in [-0.3, -0.25) is 4.79 Å². The van der Waals surface area contributed by atoms with Gasteiger partial charge in [-0.1, -0.05) is 0 Å². The smallest absolute Gasteiger partial charge is 0.267 e. The number of hydrogen-bond donors (Lipinski definition) is 1. The van der Waals surface area contributed by atoms with Gasteiger partial charge in [0.05, 0.1) is 12.0 Å². The molecule has 17 heavy (non-hydrogen) atoms. The van der Waals surface area contributed by atoms with Crippen LogP contribution in [0.3, 0.4) is 0 Å². The normalized spacial score (nSPS) is 43.4. The Morgan fingerprint density at radius 2 is 1.76 bits per heavy atom. The van der Waals surface area contributed by atoms with E-state index in [9.17, 15) is 13.6 Å². The van der Waals surface area contributed by atoms with Crippen LogP contribution in [0.2, 0.25) is 0 Å². The van der Waals surface area contributed by atoms with Gasteiger partial charge in [-0.05, 0) is 32.1 Å². The Bertz CT molecular complexity index is 362. The van der Waals surface area contributed by atoms with Gasteiger partial charge < -0.3 is 10.6 Å². The Kier molecular flexibility index (Phi) is 2.14. The maximum absolute atomic E-state index is 13.1. The number of alkyl halides is 2. The van der Waals surface area contributed by atoms with Gasteiger partial charge in [0.2, 0.25) is 5.91 Å². The van der Waals surface area contributed by atoms with Crippen LogP contribution in [-0.4, -0.2) is 35.4 Å². The average molecular weight is 244 g/mol. The highest BCUT2D eigenvalue weighted by Gasteiger charge is 2.58. The van der Waals surface area contributed by atoms with Crippen molar-refractivity contribution in [3.63, 3.8) is 0 Å². The van der Waals surface area contributed by atoms with Crippen LogP contribution in [0.15, 0.2) is 0 Å². The van der Waals surface area contributed by atoms with Gasteiger partial charge in [0.25, 0.3) is 5.92 Å². The van der Waals surface area contributed by atoms with Gasteiger partial charge in [0.15, 0.2) is 0 Å². The lowest BCUT2D eigenvalue weighted by molar-refractivity contribution is -0.142. The van der Waals surface area contributed by atoms with E-state index in [-0.39, 0.29) is 24.4 Å². The van der Waals surface area contributed by atoms with Crippen molar-refractivity contribution in [2.75, 3.05) is 13.1 Å². The number of nitrogens with two attached hydrogens (primary N) is 1. The second-order valence-corrected chi connectivity index (χ2v) is 6.15. The fourth-order valence-electron chi connectivity index (χ4n) is 3.79. The predicted octanol–water partition coefficient (Wildman–Crippen LogP) is 1.52. The van der Waals surface area contributed by atoms with E-state index in [0.717, 1.165) is 25.7 Å². The van der Waals surface area contributed by atoms with Crippen molar-refractivity contribution in [3.05, 3.63) is 0 Å². The fourth-order valence-corrected chi connectivity index (χ4v) is 3.79. The molecule has 0 atom stereocenters. The van der Waals surface area contributed by atoms with Crippen molar-refractivity contribution in [1.82, 2.24) is 4.90 Å². The molecule has 3 rings (SSSR count). The van der Waals surface area contributed by atoms with Gasteiger partial charge in [0.1, 0.15) is 0 Å². The van der Waals surface area contributed by atoms with E-state index in [1.54, 1.807) is 0 Å². The third-order valence-corrected chi connectivity index (χ3v) is 4.80. The highest BCUT2D eigenvalue weighted by Crippen LogP contribution is 2.56. The summed E-state index contributed by atoms with van der Waals surface area (Å²) in [6, 6.07) is 0. The first-order chi connectivity index (χ1) is 7.84. The van der Waals surface area contributed by atoms with Crippen molar-refractivity contribution >= 4 is 5.91 Å². The first kappa shape index (κ1) is 11.4. The minimum absolute atomic E-state index is 0.0699. The molecule has 3 aliphatic rings. The summed E-state index contributed by atoms with van der Waals surface area (Å²) in [4.78, 5) is 13.8. The first-order valence-electron chi connectivity index (χ1n) is 6.31. The Morgan fingerprint density at radius 3 is 2.18 bits per heavy atom. The van der Waals surface area contributed by atoms with Crippen molar-refractivity contribution in [3.8, 4) is 0 Å². The summed E-state index contributed by atoms with van der Waals surface area (Å²) in [5, 5.41) is 0. The van der Waals surface area contributed by atoms with Crippen LogP contribution < -0.4 is 5.73 Å². The molecule has 1 heterocycles. The molecule has 2 aliphatic carbocycles. The van der Waals surface area contributed by atoms with E-state index in [1.165, 1.54) is 4.90 Å². The molecule has 3 nitrogen and oxygen atoms in total. The number of likely N-dealkylation sites (tertiary alicyclic amines) is 1. The minimum atomic E-state index is -2.69. The molecule has 0 spiro atoms. The van der Waals surface area contributed by atoms with Crippen LogP contribution >= 0.6 is 0 Å². The van der Waals surface area contributed by atoms with Gasteiger partial charge in [-0.2, -0.15) is 0 Å². The molecule has 2 saturated carbocycles. The van der Waals surface area contributed by atoms with Crippen LogP contribution in [0, 0.1) is 5.41 Å². The van der Waals surface area contributed by atoms with E-state index >= 15 is 0 Å². The number of hydrogen-bond acceptors (Lipinski definition) is 2. The highest BCUT2D eigenvalue weighted by atomic mass is 19.3. The zero-order valence-electron chi connectivity index (χ0n) is 9.85. The third kappa shape index (κ3) is 1.66. The fraction of sp³-hybridized carbons (Fsp3) is 0.917. The molecule has 0 aromatic rings. The molecular weight excluding hydrogens is 226 g/mol. The van der Waals surface area contributed by atoms with E-state index in [2.05, 4.69) is 0 Å². The van der Waals surface area contributed by atoms with Gasteiger partial charge in [-0.15, -0.1) is 0 Å². The topological polar surface area (TPSA) is 46.3 Å². The molecule has 0 aromatic heterocycles. The molecule has 3 fully saturated rings. The third-order valence-electron chi connectivity index (χ3n) is 4.80. The lowest BCUT2D eigenvalue weighted by atomic mass is 9.82. The summed E-state index contributed by atoms with van der Waals surface area (Å²) < 4.78 is 26.3. The zero-order valence-corrected chi connectivity index (χ0v) is 9.85. The molecule has 5 heteroatoms. The van der Waals surface area contributed by atoms with Crippen molar-refractivity contribution in [2.24, 2.45) is 11.1 Å². The Balaban J connectivity index is 1.76. The second kappa shape index (κ2) is 3.19. The Hall–Kier alpha value is -0.710. The van der Waals surface area contributed by atoms with Gasteiger partial charge in [-0.25, -0.2) is 8.78 Å². The number of carbonyl (C=O) groups excluding carboxylic acids is 1. The van der Waals surface area contributed by atoms with E-state index < -0.39 is 17.9 Å². The number of rotatable bonds is 1. The summed E-state index contributed by atoms with van der Waals surface area (Å²) in [5.74, 6) is -2.76. The van der Waals surface area contributed by atoms with Crippen molar-refractivity contribution in [2.45, 2.75) is 50.0 Å². The quantitative estimate of drug-likeness (QED) is 0.760. The van der Waals surface area contributed by atoms with E-state index in [1.807, 2.05) is 0 Å². The summed E-state index contributed by atoms with van der Waals surface area (Å²) in [6.45, 7) is -0.198. The standard InChI is InChI=1S/C12H18F2N2O/c13-12(14)5-6-16(8-12)9(17)10-1-3-11(15,7-10)4-2-10/h1-8,15H2. The number of nitrogens with zero attached hydrogens (tertiary/aromatic N) is 1. The van der Waals surface area contributed by atoms with Crippen LogP contribution in [0.5, 0.6) is 0 Å². The van der Waals surface area contributed by atoms with Crippen LogP contribution in [0.25, 0.3) is 0 Å². The largest absolute Gasteiger partial charge is 0.336 e. The number of halogens is 2. The van der Waals surface area contributed by atoms with E-state index in [0.29, 0.717) is 6.42 Å². The molecular formula is C12H18F2N2O. The highest BCUT2D eigenvalue weighted by molar-refractivity contribution is 5.84. The summed E-state index contributed by atoms with van der Waals surface area (Å²) in [7, 11) is 0. The SMILES string of the molecule is NC12CCC(C(=O)N3CCC(F)(F)C3)(CC1)C2. The lowest BCUT2D eigenvalue weighted by Crippen LogP contribution is -2.41. The molecule has 2 N–H and O–H groups in total. The number of fused-ring (bicyclic) bond motifs is 2. The van der Waals surface area contributed by atoms with E-state index in [4.69, 9.17) is 5.73 Å². The number of carbonyl (C=O) groups is 1. The zero-order chi connectivity index (χ0) is 12.3. The molecule has 0 radical (unpaired) electrons. The molecule has 0 unspecified atom stereocenters. The summed E-state index contributed by atoms with van der Waals surface area (Å²) >= 11 is 0. The molecule has 96 valence electrons. The molecule has 0 aromatic carbocycles. The van der Waals surface area contributed by atoms with Crippen molar-refractivity contribution in [1.29, 1.82) is 0 Å². The Labute approximate surface area is 99.3 Å².